The van der Waals surface area contributed by atoms with E-state index in [9.17, 15) is 0 Å². The standard InChI is InChI=1S/C13H28N4.HI/c1-4-8-16-9-7-12(11-16)10-15-13(14)17(5-2)6-3;/h12H,4-11H2,1-3H3,(H2,14,15);1H. The first-order valence-electron chi connectivity index (χ1n) is 6.98. The summed E-state index contributed by atoms with van der Waals surface area (Å²) in [5.41, 5.74) is 5.97. The Morgan fingerprint density at radius 1 is 1.33 bits per heavy atom. The van der Waals surface area contributed by atoms with Crippen molar-refractivity contribution in [1.82, 2.24) is 9.80 Å². The first-order chi connectivity index (χ1) is 8.21. The molecule has 1 fully saturated rings. The Labute approximate surface area is 129 Å². The van der Waals surface area contributed by atoms with Gasteiger partial charge < -0.3 is 15.5 Å². The molecule has 1 aliphatic rings. The van der Waals surface area contributed by atoms with Crippen LogP contribution in [0.3, 0.4) is 0 Å². The Balaban J connectivity index is 0.00000289. The number of nitrogens with zero attached hydrogens (tertiary/aromatic N) is 3. The number of rotatable bonds is 6. The molecule has 0 aromatic rings. The van der Waals surface area contributed by atoms with Gasteiger partial charge in [0.2, 0.25) is 0 Å². The largest absolute Gasteiger partial charge is 0.370 e. The maximum absolute atomic E-state index is 5.97. The lowest BCUT2D eigenvalue weighted by Crippen LogP contribution is -2.37. The lowest BCUT2D eigenvalue weighted by molar-refractivity contribution is 0.326. The molecule has 1 aliphatic heterocycles. The van der Waals surface area contributed by atoms with Gasteiger partial charge in [-0.3, -0.25) is 4.99 Å². The number of hydrogen-bond donors (Lipinski definition) is 1. The number of guanidine groups is 1. The normalized spacial score (nSPS) is 20.8. The first kappa shape index (κ1) is 18.0. The molecule has 1 saturated heterocycles. The predicted octanol–water partition coefficient (Wildman–Crippen LogP) is 1.99. The number of aliphatic imine (C=N–C) groups is 1. The second kappa shape index (κ2) is 9.83. The average molecular weight is 368 g/mol. The fourth-order valence-electron chi connectivity index (χ4n) is 2.45. The van der Waals surface area contributed by atoms with Gasteiger partial charge in [0, 0.05) is 26.2 Å². The smallest absolute Gasteiger partial charge is 0.191 e. The predicted molar refractivity (Wildman–Crippen MR) is 89.7 cm³/mol. The summed E-state index contributed by atoms with van der Waals surface area (Å²) in [5, 5.41) is 0. The van der Waals surface area contributed by atoms with Crippen molar-refractivity contribution in [1.29, 1.82) is 0 Å². The molecular weight excluding hydrogens is 339 g/mol. The molecule has 2 N–H and O–H groups in total. The second-order valence-corrected chi connectivity index (χ2v) is 4.83. The molecule has 0 bridgehead atoms. The third-order valence-electron chi connectivity index (χ3n) is 3.51. The molecule has 18 heavy (non-hydrogen) atoms. The maximum atomic E-state index is 5.97. The molecule has 0 aromatic heterocycles. The summed E-state index contributed by atoms with van der Waals surface area (Å²) in [6.07, 6.45) is 2.52. The van der Waals surface area contributed by atoms with E-state index in [1.54, 1.807) is 0 Å². The van der Waals surface area contributed by atoms with Crippen molar-refractivity contribution in [3.05, 3.63) is 0 Å². The van der Waals surface area contributed by atoms with E-state index in [1.165, 1.54) is 32.5 Å². The summed E-state index contributed by atoms with van der Waals surface area (Å²) in [5.74, 6) is 1.42. The average Bonchev–Trinajstić information content (AvgIpc) is 2.76. The van der Waals surface area contributed by atoms with E-state index in [0.717, 1.165) is 19.6 Å². The highest BCUT2D eigenvalue weighted by Crippen LogP contribution is 2.16. The van der Waals surface area contributed by atoms with E-state index < -0.39 is 0 Å². The van der Waals surface area contributed by atoms with Crippen molar-refractivity contribution in [2.45, 2.75) is 33.6 Å². The minimum absolute atomic E-state index is 0. The number of nitrogens with two attached hydrogens (primary N) is 1. The minimum Gasteiger partial charge on any atom is -0.370 e. The van der Waals surface area contributed by atoms with Crippen LogP contribution in [0.4, 0.5) is 0 Å². The second-order valence-electron chi connectivity index (χ2n) is 4.83. The Bertz CT molecular complexity index is 241. The summed E-state index contributed by atoms with van der Waals surface area (Å²) >= 11 is 0. The van der Waals surface area contributed by atoms with Gasteiger partial charge >= 0.3 is 0 Å². The van der Waals surface area contributed by atoms with Crippen LogP contribution in [0.2, 0.25) is 0 Å². The van der Waals surface area contributed by atoms with Crippen molar-refractivity contribution >= 4 is 29.9 Å². The first-order valence-corrected chi connectivity index (χ1v) is 6.98. The van der Waals surface area contributed by atoms with Gasteiger partial charge in [0.15, 0.2) is 5.96 Å². The molecule has 1 unspecified atom stereocenters. The van der Waals surface area contributed by atoms with Gasteiger partial charge in [-0.15, -0.1) is 24.0 Å². The fraction of sp³-hybridized carbons (Fsp3) is 0.923. The highest BCUT2D eigenvalue weighted by atomic mass is 127. The topological polar surface area (TPSA) is 44.9 Å². The van der Waals surface area contributed by atoms with Gasteiger partial charge in [-0.05, 0) is 45.7 Å². The van der Waals surface area contributed by atoms with Gasteiger partial charge in [-0.2, -0.15) is 0 Å². The van der Waals surface area contributed by atoms with E-state index in [-0.39, 0.29) is 24.0 Å². The van der Waals surface area contributed by atoms with Gasteiger partial charge in [0.1, 0.15) is 0 Å². The quantitative estimate of drug-likeness (QED) is 0.443. The molecule has 4 nitrogen and oxygen atoms in total. The van der Waals surface area contributed by atoms with E-state index in [2.05, 4.69) is 35.6 Å². The summed E-state index contributed by atoms with van der Waals surface area (Å²) in [6, 6.07) is 0. The van der Waals surface area contributed by atoms with Crippen molar-refractivity contribution in [2.75, 3.05) is 39.3 Å². The molecule has 0 saturated carbocycles. The zero-order valence-corrected chi connectivity index (χ0v) is 14.4. The van der Waals surface area contributed by atoms with Crippen LogP contribution in [0.1, 0.15) is 33.6 Å². The van der Waals surface area contributed by atoms with Crippen LogP contribution in [-0.2, 0) is 0 Å². The molecule has 0 aliphatic carbocycles. The zero-order chi connectivity index (χ0) is 12.7. The highest BCUT2D eigenvalue weighted by molar-refractivity contribution is 14.0. The molecule has 0 radical (unpaired) electrons. The van der Waals surface area contributed by atoms with Crippen molar-refractivity contribution < 1.29 is 0 Å². The molecule has 1 rings (SSSR count). The summed E-state index contributed by atoms with van der Waals surface area (Å²) in [4.78, 5) is 9.18. The number of hydrogen-bond acceptors (Lipinski definition) is 2. The molecule has 1 heterocycles. The third-order valence-corrected chi connectivity index (χ3v) is 3.51. The van der Waals surface area contributed by atoms with E-state index in [4.69, 9.17) is 5.73 Å². The summed E-state index contributed by atoms with van der Waals surface area (Å²) < 4.78 is 0. The highest BCUT2D eigenvalue weighted by Gasteiger charge is 2.21. The van der Waals surface area contributed by atoms with Crippen LogP contribution in [0.15, 0.2) is 4.99 Å². The van der Waals surface area contributed by atoms with Crippen LogP contribution < -0.4 is 5.73 Å². The van der Waals surface area contributed by atoms with Crippen molar-refractivity contribution in [3.63, 3.8) is 0 Å². The van der Waals surface area contributed by atoms with Crippen LogP contribution in [0, 0.1) is 5.92 Å². The van der Waals surface area contributed by atoms with Crippen LogP contribution in [0.5, 0.6) is 0 Å². The van der Waals surface area contributed by atoms with Gasteiger partial charge in [0.05, 0.1) is 0 Å². The zero-order valence-electron chi connectivity index (χ0n) is 12.1. The minimum atomic E-state index is 0. The molecule has 1 atom stereocenters. The van der Waals surface area contributed by atoms with Crippen molar-refractivity contribution in [2.24, 2.45) is 16.6 Å². The van der Waals surface area contributed by atoms with Gasteiger partial charge in [-0.1, -0.05) is 6.92 Å². The van der Waals surface area contributed by atoms with Crippen LogP contribution >= 0.6 is 24.0 Å². The number of halogens is 1. The van der Waals surface area contributed by atoms with E-state index in [1.807, 2.05) is 0 Å². The monoisotopic (exact) mass is 368 g/mol. The van der Waals surface area contributed by atoms with Gasteiger partial charge in [-0.25, -0.2) is 0 Å². The number of likely N-dealkylation sites (tertiary alicyclic amines) is 1. The van der Waals surface area contributed by atoms with Crippen LogP contribution in [0.25, 0.3) is 0 Å². The Morgan fingerprint density at radius 3 is 2.56 bits per heavy atom. The summed E-state index contributed by atoms with van der Waals surface area (Å²) in [6.45, 7) is 12.9. The van der Waals surface area contributed by atoms with Gasteiger partial charge in [0.25, 0.3) is 0 Å². The summed E-state index contributed by atoms with van der Waals surface area (Å²) in [7, 11) is 0. The molecule has 0 aromatic carbocycles. The molecule has 5 heteroatoms. The van der Waals surface area contributed by atoms with E-state index in [0.29, 0.717) is 11.9 Å². The van der Waals surface area contributed by atoms with E-state index >= 15 is 0 Å². The fourth-order valence-corrected chi connectivity index (χ4v) is 2.45. The van der Waals surface area contributed by atoms with Crippen molar-refractivity contribution in [3.8, 4) is 0 Å². The lowest BCUT2D eigenvalue weighted by Gasteiger charge is -2.20. The molecular formula is C13H29IN4. The molecule has 0 amide bonds. The lowest BCUT2D eigenvalue weighted by atomic mass is 10.1. The van der Waals surface area contributed by atoms with Crippen LogP contribution in [-0.4, -0.2) is 55.0 Å². The molecule has 0 spiro atoms. The SMILES string of the molecule is CCCN1CCC(CN=C(N)N(CC)CC)C1.I. The Hall–Kier alpha value is -0.0400. The Morgan fingerprint density at radius 2 is 2.00 bits per heavy atom. The Kier molecular flexibility index (Phi) is 9.81. The maximum Gasteiger partial charge on any atom is 0.191 e. The third kappa shape index (κ3) is 5.73. The molecule has 108 valence electrons.